The molecule has 1 unspecified atom stereocenters. The smallest absolute Gasteiger partial charge is 0.325 e. The number of para-hydroxylation sites is 1. The average molecular weight is 349 g/mol. The van der Waals surface area contributed by atoms with Gasteiger partial charge in [-0.1, -0.05) is 18.2 Å². The van der Waals surface area contributed by atoms with Gasteiger partial charge in [0.15, 0.2) is 5.69 Å². The molecule has 1 aromatic heterocycles. The highest BCUT2D eigenvalue weighted by Crippen LogP contribution is 2.36. The van der Waals surface area contributed by atoms with Gasteiger partial charge in [0.25, 0.3) is 5.91 Å². The number of aromatic nitrogens is 2. The van der Waals surface area contributed by atoms with Crippen molar-refractivity contribution in [2.75, 3.05) is 6.54 Å². The number of alkyl halides is 3. The summed E-state index contributed by atoms with van der Waals surface area (Å²) in [6.07, 6.45) is -2.05. The molecule has 1 saturated heterocycles. The summed E-state index contributed by atoms with van der Waals surface area (Å²) in [4.78, 5) is 13.6. The molecule has 4 nitrogen and oxygen atoms in total. The topological polar surface area (TPSA) is 38.1 Å². The van der Waals surface area contributed by atoms with Gasteiger partial charge in [-0.3, -0.25) is 4.79 Å². The summed E-state index contributed by atoms with van der Waals surface area (Å²) in [5.74, 6) is -0.598. The number of carbonyl (C=O) groups is 1. The highest BCUT2D eigenvalue weighted by Gasteiger charge is 2.51. The second-order valence-electron chi connectivity index (χ2n) is 6.67. The molecule has 0 saturated carbocycles. The SMILES string of the molecule is Cc1ccccc1-n1nc(C(=O)N2CCC2C(F)(F)F)c2c1CCC2. The van der Waals surface area contributed by atoms with Crippen molar-refractivity contribution in [3.8, 4) is 5.69 Å². The van der Waals surface area contributed by atoms with E-state index in [4.69, 9.17) is 0 Å². The Morgan fingerprint density at radius 2 is 2.00 bits per heavy atom. The number of hydrogen-bond donors (Lipinski definition) is 0. The third-order valence-electron chi connectivity index (χ3n) is 5.13. The predicted octanol–water partition coefficient (Wildman–Crippen LogP) is 3.45. The van der Waals surface area contributed by atoms with Crippen LogP contribution < -0.4 is 0 Å². The summed E-state index contributed by atoms with van der Waals surface area (Å²) in [7, 11) is 0. The Kier molecular flexibility index (Phi) is 3.63. The van der Waals surface area contributed by atoms with Crippen LogP contribution in [0.5, 0.6) is 0 Å². The maximum Gasteiger partial charge on any atom is 0.408 e. The molecule has 2 heterocycles. The van der Waals surface area contributed by atoms with E-state index in [9.17, 15) is 18.0 Å². The van der Waals surface area contributed by atoms with Crippen LogP contribution in [0.3, 0.4) is 0 Å². The van der Waals surface area contributed by atoms with Crippen LogP contribution in [0.4, 0.5) is 13.2 Å². The van der Waals surface area contributed by atoms with E-state index >= 15 is 0 Å². The van der Waals surface area contributed by atoms with Crippen molar-refractivity contribution in [1.82, 2.24) is 14.7 Å². The summed E-state index contributed by atoms with van der Waals surface area (Å²) < 4.78 is 40.8. The van der Waals surface area contributed by atoms with E-state index in [0.29, 0.717) is 6.42 Å². The number of hydrogen-bond acceptors (Lipinski definition) is 2. The standard InChI is InChI=1S/C18H18F3N3O/c1-11-5-2-3-7-13(11)24-14-8-4-6-12(14)16(22-24)17(25)23-10-9-15(23)18(19,20)21/h2-3,5,7,15H,4,6,8-10H2,1H3. The molecule has 25 heavy (non-hydrogen) atoms. The monoisotopic (exact) mass is 349 g/mol. The molecular formula is C18H18F3N3O. The van der Waals surface area contributed by atoms with E-state index in [1.807, 2.05) is 31.2 Å². The second kappa shape index (κ2) is 5.61. The van der Waals surface area contributed by atoms with Gasteiger partial charge >= 0.3 is 6.18 Å². The van der Waals surface area contributed by atoms with Crippen LogP contribution in [-0.2, 0) is 12.8 Å². The largest absolute Gasteiger partial charge is 0.408 e. The lowest BCUT2D eigenvalue weighted by molar-refractivity contribution is -0.199. The Morgan fingerprint density at radius 3 is 2.64 bits per heavy atom. The van der Waals surface area contributed by atoms with Crippen LogP contribution in [0.15, 0.2) is 24.3 Å². The maximum absolute atomic E-state index is 13.0. The van der Waals surface area contributed by atoms with Crippen molar-refractivity contribution < 1.29 is 18.0 Å². The van der Waals surface area contributed by atoms with Crippen LogP contribution in [-0.4, -0.2) is 39.4 Å². The number of nitrogens with zero attached hydrogens (tertiary/aromatic N) is 3. The number of amides is 1. The van der Waals surface area contributed by atoms with Crippen molar-refractivity contribution in [1.29, 1.82) is 0 Å². The van der Waals surface area contributed by atoms with Crippen molar-refractivity contribution in [3.05, 3.63) is 46.8 Å². The first-order valence-corrected chi connectivity index (χ1v) is 8.42. The van der Waals surface area contributed by atoms with Crippen LogP contribution in [0, 0.1) is 6.92 Å². The number of likely N-dealkylation sites (tertiary alicyclic amines) is 1. The summed E-state index contributed by atoms with van der Waals surface area (Å²) in [5.41, 5.74) is 3.82. The summed E-state index contributed by atoms with van der Waals surface area (Å²) >= 11 is 0. The first-order valence-electron chi connectivity index (χ1n) is 8.42. The van der Waals surface area contributed by atoms with E-state index < -0.39 is 18.1 Å². The van der Waals surface area contributed by atoms with Gasteiger partial charge < -0.3 is 4.90 Å². The zero-order chi connectivity index (χ0) is 17.8. The van der Waals surface area contributed by atoms with Gasteiger partial charge in [0.05, 0.1) is 5.69 Å². The first-order chi connectivity index (χ1) is 11.9. The molecule has 0 spiro atoms. The van der Waals surface area contributed by atoms with E-state index in [0.717, 1.165) is 40.2 Å². The first kappa shape index (κ1) is 16.2. The third-order valence-corrected chi connectivity index (χ3v) is 5.13. The normalized spacial score (nSPS) is 19.7. The van der Waals surface area contributed by atoms with Crippen LogP contribution in [0.2, 0.25) is 0 Å². The van der Waals surface area contributed by atoms with E-state index in [1.165, 1.54) is 0 Å². The number of fused-ring (bicyclic) bond motifs is 1. The van der Waals surface area contributed by atoms with Crippen molar-refractivity contribution >= 4 is 5.91 Å². The number of rotatable bonds is 2. The zero-order valence-corrected chi connectivity index (χ0v) is 13.8. The van der Waals surface area contributed by atoms with E-state index in [2.05, 4.69) is 5.10 Å². The molecule has 1 aromatic carbocycles. The molecule has 1 atom stereocenters. The van der Waals surface area contributed by atoms with Crippen molar-refractivity contribution in [2.24, 2.45) is 0 Å². The molecule has 1 fully saturated rings. The molecule has 0 radical (unpaired) electrons. The highest BCUT2D eigenvalue weighted by atomic mass is 19.4. The molecule has 0 bridgehead atoms. The fourth-order valence-electron chi connectivity index (χ4n) is 3.72. The molecule has 1 amide bonds. The lowest BCUT2D eigenvalue weighted by Crippen LogP contribution is -2.58. The van der Waals surface area contributed by atoms with Gasteiger partial charge in [-0.25, -0.2) is 4.68 Å². The Hall–Kier alpha value is -2.31. The zero-order valence-electron chi connectivity index (χ0n) is 13.8. The molecule has 2 aromatic rings. The second-order valence-corrected chi connectivity index (χ2v) is 6.67. The summed E-state index contributed by atoms with van der Waals surface area (Å²) in [6.45, 7) is 2.09. The lowest BCUT2D eigenvalue weighted by Gasteiger charge is -2.41. The van der Waals surface area contributed by atoms with Gasteiger partial charge in [0, 0.05) is 17.8 Å². The molecule has 2 aliphatic rings. The average Bonchev–Trinajstić information content (AvgIpc) is 3.06. The molecular weight excluding hydrogens is 331 g/mol. The number of benzene rings is 1. The number of aryl methyl sites for hydroxylation is 1. The van der Waals surface area contributed by atoms with Gasteiger partial charge in [0.2, 0.25) is 0 Å². The van der Waals surface area contributed by atoms with E-state index in [-0.39, 0.29) is 18.7 Å². The minimum absolute atomic E-state index is 0.0318. The molecule has 1 aliphatic heterocycles. The van der Waals surface area contributed by atoms with Gasteiger partial charge in [0.1, 0.15) is 6.04 Å². The quantitative estimate of drug-likeness (QED) is 0.833. The Morgan fingerprint density at radius 1 is 1.24 bits per heavy atom. The van der Waals surface area contributed by atoms with Crippen molar-refractivity contribution in [3.63, 3.8) is 0 Å². The van der Waals surface area contributed by atoms with Crippen LogP contribution in [0.25, 0.3) is 5.69 Å². The maximum atomic E-state index is 13.0. The Balaban J connectivity index is 1.74. The predicted molar refractivity (Wildman–Crippen MR) is 85.8 cm³/mol. The fourth-order valence-corrected chi connectivity index (χ4v) is 3.72. The van der Waals surface area contributed by atoms with Crippen LogP contribution >= 0.6 is 0 Å². The Bertz CT molecular complexity index is 841. The number of halogens is 3. The lowest BCUT2D eigenvalue weighted by atomic mass is 10.0. The third kappa shape index (κ3) is 2.53. The summed E-state index contributed by atoms with van der Waals surface area (Å²) in [6, 6.07) is 6.00. The van der Waals surface area contributed by atoms with Gasteiger partial charge in [-0.05, 0) is 44.2 Å². The molecule has 0 N–H and O–H groups in total. The minimum atomic E-state index is -4.38. The fraction of sp³-hybridized carbons (Fsp3) is 0.444. The Labute approximate surface area is 143 Å². The molecule has 1 aliphatic carbocycles. The summed E-state index contributed by atoms with van der Waals surface area (Å²) in [5, 5.41) is 4.44. The molecule has 4 rings (SSSR count). The minimum Gasteiger partial charge on any atom is -0.325 e. The van der Waals surface area contributed by atoms with Gasteiger partial charge in [-0.2, -0.15) is 18.3 Å². The highest BCUT2D eigenvalue weighted by molar-refractivity contribution is 5.95. The van der Waals surface area contributed by atoms with Gasteiger partial charge in [-0.15, -0.1) is 0 Å². The van der Waals surface area contributed by atoms with Crippen molar-refractivity contribution in [2.45, 2.75) is 44.8 Å². The number of carbonyl (C=O) groups excluding carboxylic acids is 1. The molecule has 7 heteroatoms. The van der Waals surface area contributed by atoms with E-state index in [1.54, 1.807) is 4.68 Å². The molecule has 132 valence electrons. The van der Waals surface area contributed by atoms with Crippen LogP contribution in [0.1, 0.15) is 40.2 Å².